The third-order valence-electron chi connectivity index (χ3n) is 2.57. The van der Waals surface area contributed by atoms with Gasteiger partial charge in [-0.1, -0.05) is 29.8 Å². The number of nitrogens with zero attached hydrogens (tertiary/aromatic N) is 2. The Morgan fingerprint density at radius 3 is 2.81 bits per heavy atom. The maximum atomic E-state index is 5.94. The van der Waals surface area contributed by atoms with Gasteiger partial charge in [-0.3, -0.25) is 4.98 Å². The first-order valence-electron chi connectivity index (χ1n) is 5.01. The minimum absolute atomic E-state index is 0.648. The van der Waals surface area contributed by atoms with E-state index in [1.807, 2.05) is 24.4 Å². The Hall–Kier alpha value is -1.80. The summed E-state index contributed by atoms with van der Waals surface area (Å²) in [7, 11) is 0. The molecular weight excluding hydrogens is 220 g/mol. The van der Waals surface area contributed by atoms with Crippen molar-refractivity contribution < 1.29 is 0 Å². The van der Waals surface area contributed by atoms with Crippen molar-refractivity contribution in [1.29, 1.82) is 0 Å². The van der Waals surface area contributed by atoms with Crippen molar-refractivity contribution in [2.75, 3.05) is 0 Å². The molecule has 3 aromatic rings. The van der Waals surface area contributed by atoms with Crippen molar-refractivity contribution in [3.63, 3.8) is 0 Å². The maximum absolute atomic E-state index is 5.94. The second-order valence-electron chi connectivity index (χ2n) is 3.61. The molecule has 0 aliphatic heterocycles. The van der Waals surface area contributed by atoms with E-state index in [0.29, 0.717) is 5.02 Å². The smallest absolute Gasteiger partial charge is 0.0653 e. The molecule has 0 saturated carbocycles. The molecule has 2 heterocycles. The lowest BCUT2D eigenvalue weighted by molar-refractivity contribution is 1.10. The van der Waals surface area contributed by atoms with E-state index in [2.05, 4.69) is 27.8 Å². The molecule has 0 radical (unpaired) electrons. The van der Waals surface area contributed by atoms with Crippen molar-refractivity contribution in [2.45, 2.75) is 0 Å². The zero-order valence-corrected chi connectivity index (χ0v) is 9.22. The van der Waals surface area contributed by atoms with Gasteiger partial charge in [-0.2, -0.15) is 0 Å². The highest BCUT2D eigenvalue weighted by Gasteiger charge is 2.02. The van der Waals surface area contributed by atoms with Crippen LogP contribution in [0.3, 0.4) is 0 Å². The molecule has 78 valence electrons. The third-order valence-corrected chi connectivity index (χ3v) is 2.77. The molecule has 0 aliphatic carbocycles. The molecule has 2 aromatic heterocycles. The first kappa shape index (κ1) is 9.43. The Morgan fingerprint density at radius 2 is 1.94 bits per heavy atom. The molecule has 0 saturated heterocycles. The number of para-hydroxylation sites is 1. The predicted molar refractivity (Wildman–Crippen MR) is 66.1 cm³/mol. The molecule has 3 heteroatoms. The molecular formula is C13H9ClN2. The quantitative estimate of drug-likeness (QED) is 0.621. The van der Waals surface area contributed by atoms with Crippen molar-refractivity contribution in [3.05, 3.63) is 60.0 Å². The largest absolute Gasteiger partial charge is 0.315 e. The molecule has 0 fully saturated rings. The number of pyridine rings is 1. The van der Waals surface area contributed by atoms with Crippen LogP contribution in [0.15, 0.2) is 55.0 Å². The Balaban J connectivity index is 2.26. The van der Waals surface area contributed by atoms with Gasteiger partial charge in [0.2, 0.25) is 0 Å². The minimum atomic E-state index is 0.648. The average molecular weight is 229 g/mol. The molecule has 1 aromatic carbocycles. The van der Waals surface area contributed by atoms with E-state index in [1.54, 1.807) is 12.4 Å². The lowest BCUT2D eigenvalue weighted by Gasteiger charge is -2.04. The molecule has 16 heavy (non-hydrogen) atoms. The van der Waals surface area contributed by atoms with E-state index in [-0.39, 0.29) is 0 Å². The van der Waals surface area contributed by atoms with Crippen molar-refractivity contribution in [1.82, 2.24) is 9.55 Å². The molecule has 0 unspecified atom stereocenters. The molecule has 2 nitrogen and oxygen atoms in total. The summed E-state index contributed by atoms with van der Waals surface area (Å²) < 4.78 is 2.08. The summed E-state index contributed by atoms with van der Waals surface area (Å²) in [5.41, 5.74) is 2.14. The monoisotopic (exact) mass is 228 g/mol. The fourth-order valence-electron chi connectivity index (χ4n) is 1.84. The Bertz CT molecular complexity index is 643. The van der Waals surface area contributed by atoms with Gasteiger partial charge >= 0.3 is 0 Å². The van der Waals surface area contributed by atoms with Gasteiger partial charge in [-0.05, 0) is 23.6 Å². The normalized spacial score (nSPS) is 10.8. The molecule has 0 N–H and O–H groups in total. The van der Waals surface area contributed by atoms with Crippen LogP contribution in [0.5, 0.6) is 0 Å². The number of rotatable bonds is 1. The van der Waals surface area contributed by atoms with Gasteiger partial charge in [0, 0.05) is 12.4 Å². The summed E-state index contributed by atoms with van der Waals surface area (Å²) >= 11 is 5.94. The van der Waals surface area contributed by atoms with E-state index in [9.17, 15) is 0 Å². The summed E-state index contributed by atoms with van der Waals surface area (Å²) in [6.45, 7) is 0. The van der Waals surface area contributed by atoms with Crippen LogP contribution >= 0.6 is 11.6 Å². The SMILES string of the molecule is Clc1cncc(-n2ccc3ccccc32)c1. The molecule has 3 rings (SSSR count). The molecule has 0 spiro atoms. The highest BCUT2D eigenvalue weighted by Crippen LogP contribution is 2.21. The minimum Gasteiger partial charge on any atom is -0.315 e. The number of aromatic nitrogens is 2. The van der Waals surface area contributed by atoms with Crippen LogP contribution in [0.25, 0.3) is 16.6 Å². The van der Waals surface area contributed by atoms with Crippen molar-refractivity contribution >= 4 is 22.5 Å². The fourth-order valence-corrected chi connectivity index (χ4v) is 2.01. The third kappa shape index (κ3) is 1.48. The van der Waals surface area contributed by atoms with Gasteiger partial charge in [-0.25, -0.2) is 0 Å². The summed E-state index contributed by atoms with van der Waals surface area (Å²) in [6, 6.07) is 12.2. The molecule has 0 atom stereocenters. The summed E-state index contributed by atoms with van der Waals surface area (Å²) in [6.07, 6.45) is 5.47. The van der Waals surface area contributed by atoms with Crippen LogP contribution in [0.2, 0.25) is 5.02 Å². The average Bonchev–Trinajstić information content (AvgIpc) is 2.72. The van der Waals surface area contributed by atoms with Crippen LogP contribution in [0.1, 0.15) is 0 Å². The van der Waals surface area contributed by atoms with Gasteiger partial charge in [-0.15, -0.1) is 0 Å². The maximum Gasteiger partial charge on any atom is 0.0653 e. The van der Waals surface area contributed by atoms with E-state index < -0.39 is 0 Å². The number of hydrogen-bond acceptors (Lipinski definition) is 1. The molecule has 0 bridgehead atoms. The Labute approximate surface area is 98.1 Å². The lowest BCUT2D eigenvalue weighted by atomic mass is 10.2. The van der Waals surface area contributed by atoms with Crippen molar-refractivity contribution in [2.24, 2.45) is 0 Å². The van der Waals surface area contributed by atoms with Crippen LogP contribution in [-0.4, -0.2) is 9.55 Å². The van der Waals surface area contributed by atoms with Gasteiger partial charge in [0.25, 0.3) is 0 Å². The van der Waals surface area contributed by atoms with Crippen LogP contribution < -0.4 is 0 Å². The zero-order chi connectivity index (χ0) is 11.0. The van der Waals surface area contributed by atoms with Gasteiger partial charge in [0.1, 0.15) is 0 Å². The van der Waals surface area contributed by atoms with E-state index in [4.69, 9.17) is 11.6 Å². The Morgan fingerprint density at radius 1 is 1.06 bits per heavy atom. The van der Waals surface area contributed by atoms with Crippen LogP contribution in [0, 0.1) is 0 Å². The predicted octanol–water partition coefficient (Wildman–Crippen LogP) is 3.68. The number of benzene rings is 1. The van der Waals surface area contributed by atoms with Gasteiger partial charge in [0.05, 0.1) is 22.4 Å². The van der Waals surface area contributed by atoms with Crippen LogP contribution in [0.4, 0.5) is 0 Å². The standard InChI is InChI=1S/C13H9ClN2/c14-11-7-12(9-15-8-11)16-6-5-10-3-1-2-4-13(10)16/h1-9H. The summed E-state index contributed by atoms with van der Waals surface area (Å²) in [5.74, 6) is 0. The second kappa shape index (κ2) is 3.65. The highest BCUT2D eigenvalue weighted by atomic mass is 35.5. The van der Waals surface area contributed by atoms with Gasteiger partial charge < -0.3 is 4.57 Å². The topological polar surface area (TPSA) is 17.8 Å². The number of fused-ring (bicyclic) bond motifs is 1. The van der Waals surface area contributed by atoms with Gasteiger partial charge in [0.15, 0.2) is 0 Å². The fraction of sp³-hybridized carbons (Fsp3) is 0. The summed E-state index contributed by atoms with van der Waals surface area (Å²) in [5, 5.41) is 1.86. The Kier molecular flexibility index (Phi) is 2.15. The van der Waals surface area contributed by atoms with Crippen molar-refractivity contribution in [3.8, 4) is 5.69 Å². The highest BCUT2D eigenvalue weighted by molar-refractivity contribution is 6.30. The van der Waals surface area contributed by atoms with E-state index >= 15 is 0 Å². The summed E-state index contributed by atoms with van der Waals surface area (Å²) in [4.78, 5) is 4.09. The lowest BCUT2D eigenvalue weighted by Crippen LogP contribution is -1.92. The van der Waals surface area contributed by atoms with E-state index in [0.717, 1.165) is 11.2 Å². The number of halogens is 1. The first-order chi connectivity index (χ1) is 7.84. The molecule has 0 aliphatic rings. The second-order valence-corrected chi connectivity index (χ2v) is 4.04. The van der Waals surface area contributed by atoms with Crippen LogP contribution in [-0.2, 0) is 0 Å². The molecule has 0 amide bonds. The first-order valence-corrected chi connectivity index (χ1v) is 5.39. The zero-order valence-electron chi connectivity index (χ0n) is 8.47. The van der Waals surface area contributed by atoms with E-state index in [1.165, 1.54) is 5.39 Å². The number of hydrogen-bond donors (Lipinski definition) is 0.